The molecule has 4 N–H and O–H groups in total. The van der Waals surface area contributed by atoms with Crippen LogP contribution in [-0.4, -0.2) is 17.9 Å². The normalized spacial score (nSPS) is 11.7. The molecule has 0 aliphatic rings. The fraction of sp³-hybridized carbons (Fsp3) is 0.429. The van der Waals surface area contributed by atoms with E-state index in [9.17, 15) is 9.59 Å². The maximum Gasteiger partial charge on any atom is 0.241 e. The van der Waals surface area contributed by atoms with Crippen molar-refractivity contribution in [2.24, 2.45) is 5.73 Å². The van der Waals surface area contributed by atoms with Gasteiger partial charge < -0.3 is 16.4 Å². The molecule has 2 amide bonds. The molecular formula is C14H21N3O2. The molecule has 0 fully saturated rings. The van der Waals surface area contributed by atoms with Gasteiger partial charge in [-0.25, -0.2) is 0 Å². The Labute approximate surface area is 113 Å². The molecule has 1 rings (SSSR count). The Hall–Kier alpha value is -1.88. The smallest absolute Gasteiger partial charge is 0.241 e. The Morgan fingerprint density at radius 3 is 2.42 bits per heavy atom. The first kappa shape index (κ1) is 15.2. The summed E-state index contributed by atoms with van der Waals surface area (Å²) in [6, 6.07) is 6.52. The first-order valence-corrected chi connectivity index (χ1v) is 6.53. The number of amides is 2. The molecule has 0 aliphatic heterocycles. The van der Waals surface area contributed by atoms with Crippen LogP contribution in [0.2, 0.25) is 0 Å². The van der Waals surface area contributed by atoms with Gasteiger partial charge in [0.1, 0.15) is 0 Å². The first-order valence-electron chi connectivity index (χ1n) is 6.53. The van der Waals surface area contributed by atoms with Gasteiger partial charge in [0.15, 0.2) is 0 Å². The van der Waals surface area contributed by atoms with Crippen molar-refractivity contribution in [3.05, 3.63) is 24.3 Å². The van der Waals surface area contributed by atoms with E-state index in [4.69, 9.17) is 5.73 Å². The van der Waals surface area contributed by atoms with Crippen LogP contribution in [0.1, 0.15) is 33.1 Å². The molecule has 19 heavy (non-hydrogen) atoms. The van der Waals surface area contributed by atoms with Gasteiger partial charge >= 0.3 is 0 Å². The number of carbonyl (C=O) groups excluding carboxylic acids is 2. The second kappa shape index (κ2) is 7.53. The first-order chi connectivity index (χ1) is 9.06. The lowest BCUT2D eigenvalue weighted by molar-refractivity contribution is -0.117. The summed E-state index contributed by atoms with van der Waals surface area (Å²) in [6.07, 6.45) is 1.93. The molecule has 0 saturated heterocycles. The zero-order valence-corrected chi connectivity index (χ0v) is 11.4. The highest BCUT2D eigenvalue weighted by molar-refractivity contribution is 5.96. The van der Waals surface area contributed by atoms with E-state index in [1.165, 1.54) is 0 Å². The monoisotopic (exact) mass is 263 g/mol. The lowest BCUT2D eigenvalue weighted by atomic mass is 10.1. The molecule has 0 bridgehead atoms. The van der Waals surface area contributed by atoms with Crippen molar-refractivity contribution in [1.29, 1.82) is 0 Å². The number of benzene rings is 1. The summed E-state index contributed by atoms with van der Waals surface area (Å²) in [5, 5.41) is 5.48. The predicted octanol–water partition coefficient (Wildman–Crippen LogP) is 2.10. The minimum atomic E-state index is -0.501. The minimum Gasteiger partial charge on any atom is -0.326 e. The molecule has 0 radical (unpaired) electrons. The topological polar surface area (TPSA) is 84.2 Å². The van der Waals surface area contributed by atoms with E-state index in [1.807, 2.05) is 6.92 Å². The summed E-state index contributed by atoms with van der Waals surface area (Å²) in [4.78, 5) is 23.1. The summed E-state index contributed by atoms with van der Waals surface area (Å²) in [7, 11) is 0. The van der Waals surface area contributed by atoms with Crippen molar-refractivity contribution in [3.8, 4) is 0 Å². The van der Waals surface area contributed by atoms with Crippen LogP contribution >= 0.6 is 0 Å². The van der Waals surface area contributed by atoms with Crippen molar-refractivity contribution >= 4 is 23.2 Å². The van der Waals surface area contributed by atoms with Crippen LogP contribution in [0, 0.1) is 0 Å². The third kappa shape index (κ3) is 5.09. The van der Waals surface area contributed by atoms with Crippen molar-refractivity contribution in [2.75, 3.05) is 10.6 Å². The van der Waals surface area contributed by atoms with Gasteiger partial charge in [0, 0.05) is 17.8 Å². The second-order valence-electron chi connectivity index (χ2n) is 4.37. The van der Waals surface area contributed by atoms with Gasteiger partial charge in [0.2, 0.25) is 11.8 Å². The molecule has 104 valence electrons. The summed E-state index contributed by atoms with van der Waals surface area (Å²) in [5.74, 6) is -0.271. The Kier molecular flexibility index (Phi) is 6.02. The second-order valence-corrected chi connectivity index (χ2v) is 4.37. The zero-order chi connectivity index (χ0) is 14.3. The quantitative estimate of drug-likeness (QED) is 0.734. The van der Waals surface area contributed by atoms with Gasteiger partial charge in [0.25, 0.3) is 0 Å². The Morgan fingerprint density at radius 1 is 1.21 bits per heavy atom. The van der Waals surface area contributed by atoms with E-state index in [0.29, 0.717) is 24.2 Å². The van der Waals surface area contributed by atoms with E-state index in [0.717, 1.165) is 6.42 Å². The third-order valence-electron chi connectivity index (χ3n) is 2.67. The number of anilines is 2. The largest absolute Gasteiger partial charge is 0.326 e. The summed E-state index contributed by atoms with van der Waals surface area (Å²) in [5.41, 5.74) is 7.03. The van der Waals surface area contributed by atoms with Gasteiger partial charge in [-0.05, 0) is 24.6 Å². The van der Waals surface area contributed by atoms with Gasteiger partial charge in [-0.1, -0.05) is 26.3 Å². The number of nitrogens with two attached hydrogens (primary N) is 1. The highest BCUT2D eigenvalue weighted by atomic mass is 16.2. The lowest BCUT2D eigenvalue weighted by Crippen LogP contribution is -2.35. The fourth-order valence-electron chi connectivity index (χ4n) is 1.60. The SMILES string of the molecule is CCCC(N)C(=O)Nc1cccc(NC(=O)CC)c1. The molecule has 0 heterocycles. The van der Waals surface area contributed by atoms with Crippen LogP contribution in [0.15, 0.2) is 24.3 Å². The van der Waals surface area contributed by atoms with Crippen molar-refractivity contribution < 1.29 is 9.59 Å². The van der Waals surface area contributed by atoms with Crippen molar-refractivity contribution in [1.82, 2.24) is 0 Å². The molecule has 1 aromatic rings. The molecule has 0 aromatic heterocycles. The van der Waals surface area contributed by atoms with E-state index >= 15 is 0 Å². The standard InChI is InChI=1S/C14H21N3O2/c1-3-6-12(15)14(19)17-11-8-5-7-10(9-11)16-13(18)4-2/h5,7-9,12H,3-4,6,15H2,1-2H3,(H,16,18)(H,17,19). The Morgan fingerprint density at radius 2 is 1.84 bits per heavy atom. The van der Waals surface area contributed by atoms with E-state index < -0.39 is 6.04 Å². The lowest BCUT2D eigenvalue weighted by Gasteiger charge is -2.12. The minimum absolute atomic E-state index is 0.0637. The zero-order valence-electron chi connectivity index (χ0n) is 11.4. The van der Waals surface area contributed by atoms with Gasteiger partial charge in [-0.2, -0.15) is 0 Å². The van der Waals surface area contributed by atoms with Crippen molar-refractivity contribution in [3.63, 3.8) is 0 Å². The van der Waals surface area contributed by atoms with Crippen LogP contribution in [0.3, 0.4) is 0 Å². The van der Waals surface area contributed by atoms with Gasteiger partial charge in [0.05, 0.1) is 6.04 Å². The number of nitrogens with one attached hydrogen (secondary N) is 2. The van der Waals surface area contributed by atoms with Crippen LogP contribution in [0.5, 0.6) is 0 Å². The molecule has 0 spiro atoms. The van der Waals surface area contributed by atoms with Gasteiger partial charge in [-0.15, -0.1) is 0 Å². The average molecular weight is 263 g/mol. The van der Waals surface area contributed by atoms with Crippen LogP contribution < -0.4 is 16.4 Å². The number of carbonyl (C=O) groups is 2. The van der Waals surface area contributed by atoms with E-state index in [-0.39, 0.29) is 11.8 Å². The summed E-state index contributed by atoms with van der Waals surface area (Å²) < 4.78 is 0. The maximum atomic E-state index is 11.8. The summed E-state index contributed by atoms with van der Waals surface area (Å²) in [6.45, 7) is 3.76. The fourth-order valence-corrected chi connectivity index (χ4v) is 1.60. The molecule has 1 atom stereocenters. The average Bonchev–Trinajstić information content (AvgIpc) is 2.39. The molecule has 1 aromatic carbocycles. The van der Waals surface area contributed by atoms with E-state index in [2.05, 4.69) is 10.6 Å². The van der Waals surface area contributed by atoms with Gasteiger partial charge in [-0.3, -0.25) is 9.59 Å². The maximum absolute atomic E-state index is 11.8. The van der Waals surface area contributed by atoms with E-state index in [1.54, 1.807) is 31.2 Å². The number of hydrogen-bond acceptors (Lipinski definition) is 3. The molecule has 5 nitrogen and oxygen atoms in total. The molecule has 1 unspecified atom stereocenters. The number of hydrogen-bond donors (Lipinski definition) is 3. The number of rotatable bonds is 6. The molecule has 0 aliphatic carbocycles. The predicted molar refractivity (Wildman–Crippen MR) is 76.9 cm³/mol. The highest BCUT2D eigenvalue weighted by Crippen LogP contribution is 2.15. The highest BCUT2D eigenvalue weighted by Gasteiger charge is 2.12. The molecular weight excluding hydrogens is 242 g/mol. The summed E-state index contributed by atoms with van der Waals surface area (Å²) >= 11 is 0. The molecule has 5 heteroatoms. The molecule has 0 saturated carbocycles. The Balaban J connectivity index is 2.66. The Bertz CT molecular complexity index is 446. The van der Waals surface area contributed by atoms with Crippen LogP contribution in [0.4, 0.5) is 11.4 Å². The third-order valence-corrected chi connectivity index (χ3v) is 2.67. The van der Waals surface area contributed by atoms with Crippen molar-refractivity contribution in [2.45, 2.75) is 39.2 Å². The van der Waals surface area contributed by atoms with Crippen LogP contribution in [0.25, 0.3) is 0 Å². The van der Waals surface area contributed by atoms with Crippen LogP contribution in [-0.2, 0) is 9.59 Å².